The molecule has 3 heterocycles. The number of pyridine rings is 2. The second-order valence-electron chi connectivity index (χ2n) is 7.13. The van der Waals surface area contributed by atoms with Crippen molar-refractivity contribution in [1.82, 2.24) is 9.97 Å². The van der Waals surface area contributed by atoms with Gasteiger partial charge in [0.25, 0.3) is 10.0 Å². The van der Waals surface area contributed by atoms with E-state index in [1.54, 1.807) is 18.5 Å². The number of sulfonamides is 1. The number of hydrogen-bond donors (Lipinski definition) is 2. The molecule has 0 radical (unpaired) electrons. The third kappa shape index (κ3) is 3.80. The summed E-state index contributed by atoms with van der Waals surface area (Å²) in [6, 6.07) is 11.7. The van der Waals surface area contributed by atoms with Crippen molar-refractivity contribution in [2.45, 2.75) is 4.90 Å². The highest BCUT2D eigenvalue weighted by molar-refractivity contribution is 7.92. The number of fused-ring (bicyclic) bond motifs is 3. The summed E-state index contributed by atoms with van der Waals surface area (Å²) < 4.78 is 46.8. The summed E-state index contributed by atoms with van der Waals surface area (Å²) in [5, 5.41) is 4.08. The molecule has 0 atom stereocenters. The molecule has 0 saturated carbocycles. The molecule has 32 heavy (non-hydrogen) atoms. The molecule has 2 aromatic carbocycles. The van der Waals surface area contributed by atoms with E-state index in [4.69, 9.17) is 16.3 Å². The zero-order valence-corrected chi connectivity index (χ0v) is 18.0. The summed E-state index contributed by atoms with van der Waals surface area (Å²) in [4.78, 5) is 8.50. The fourth-order valence-corrected chi connectivity index (χ4v) is 4.73. The molecule has 162 valence electrons. The van der Waals surface area contributed by atoms with Crippen LogP contribution in [0.25, 0.3) is 22.0 Å². The molecule has 0 saturated heterocycles. The van der Waals surface area contributed by atoms with Gasteiger partial charge in [0.15, 0.2) is 10.9 Å². The van der Waals surface area contributed by atoms with E-state index in [1.807, 2.05) is 18.2 Å². The molecule has 0 amide bonds. The van der Waals surface area contributed by atoms with Crippen molar-refractivity contribution in [2.75, 3.05) is 23.2 Å². The number of hydrogen-bond acceptors (Lipinski definition) is 6. The van der Waals surface area contributed by atoms with Gasteiger partial charge in [-0.15, -0.1) is 0 Å². The first-order valence-electron chi connectivity index (χ1n) is 9.64. The van der Waals surface area contributed by atoms with Crippen molar-refractivity contribution in [1.29, 1.82) is 0 Å². The SMILES string of the molecule is O=S(=O)(Nc1cc(-c2ccc3ncc4c(c3c2)OCCN4)cnc1Cl)c1ccc(F)cc1. The van der Waals surface area contributed by atoms with Crippen molar-refractivity contribution in [2.24, 2.45) is 0 Å². The van der Waals surface area contributed by atoms with Crippen LogP contribution in [-0.2, 0) is 10.0 Å². The van der Waals surface area contributed by atoms with Crippen LogP contribution < -0.4 is 14.8 Å². The predicted octanol–water partition coefficient (Wildman–Crippen LogP) is 4.69. The Morgan fingerprint density at radius 1 is 1.03 bits per heavy atom. The van der Waals surface area contributed by atoms with Gasteiger partial charge in [-0.2, -0.15) is 0 Å². The van der Waals surface area contributed by atoms with E-state index in [1.165, 1.54) is 12.1 Å². The third-order valence-electron chi connectivity index (χ3n) is 5.02. The van der Waals surface area contributed by atoms with Crippen molar-refractivity contribution >= 4 is 43.9 Å². The van der Waals surface area contributed by atoms with Gasteiger partial charge in [0, 0.05) is 23.7 Å². The van der Waals surface area contributed by atoms with Crippen LogP contribution in [-0.4, -0.2) is 31.5 Å². The standard InChI is InChI=1S/C22H16ClFN4O3S/c23-22-19(28-32(29,30)16-4-2-15(24)3-5-16)10-14(11-27-22)13-1-6-18-17(9-13)21-20(12-26-18)25-7-8-31-21/h1-6,9-12,25,28H,7-8H2. The molecule has 2 N–H and O–H groups in total. The fraction of sp³-hybridized carbons (Fsp3) is 0.0909. The van der Waals surface area contributed by atoms with Gasteiger partial charge in [-0.25, -0.2) is 17.8 Å². The first kappa shape index (κ1) is 20.5. The normalized spacial score (nSPS) is 13.2. The smallest absolute Gasteiger partial charge is 0.261 e. The second kappa shape index (κ2) is 7.92. The predicted molar refractivity (Wildman–Crippen MR) is 121 cm³/mol. The van der Waals surface area contributed by atoms with Crippen LogP contribution in [0.5, 0.6) is 5.75 Å². The quantitative estimate of drug-likeness (QED) is 0.420. The van der Waals surface area contributed by atoms with Gasteiger partial charge in [0.1, 0.15) is 12.4 Å². The zero-order valence-electron chi connectivity index (χ0n) is 16.5. The van der Waals surface area contributed by atoms with Gasteiger partial charge in [0.05, 0.1) is 28.0 Å². The Hall–Kier alpha value is -3.43. The molecule has 4 aromatic rings. The molecule has 0 aliphatic carbocycles. The molecule has 0 spiro atoms. The van der Waals surface area contributed by atoms with Crippen molar-refractivity contribution < 1.29 is 17.5 Å². The largest absolute Gasteiger partial charge is 0.489 e. The molecule has 0 unspecified atom stereocenters. The number of ether oxygens (including phenoxy) is 1. The molecule has 0 bridgehead atoms. The molecule has 1 aliphatic heterocycles. The average Bonchev–Trinajstić information content (AvgIpc) is 2.80. The number of rotatable bonds is 4. The third-order valence-corrected chi connectivity index (χ3v) is 6.71. The average molecular weight is 471 g/mol. The summed E-state index contributed by atoms with van der Waals surface area (Å²) in [6.45, 7) is 1.26. The molecule has 5 rings (SSSR count). The lowest BCUT2D eigenvalue weighted by Crippen LogP contribution is -2.18. The molecular formula is C22H16ClFN4O3S. The first-order chi connectivity index (χ1) is 15.4. The monoisotopic (exact) mass is 470 g/mol. The van der Waals surface area contributed by atoms with E-state index < -0.39 is 15.8 Å². The Labute approximate surface area is 188 Å². The van der Waals surface area contributed by atoms with Crippen molar-refractivity contribution in [3.05, 3.63) is 71.9 Å². The van der Waals surface area contributed by atoms with Gasteiger partial charge in [-0.3, -0.25) is 9.71 Å². The Morgan fingerprint density at radius 2 is 1.84 bits per heavy atom. The minimum absolute atomic E-state index is 0.00759. The molecule has 0 fully saturated rings. The highest BCUT2D eigenvalue weighted by atomic mass is 35.5. The van der Waals surface area contributed by atoms with E-state index in [9.17, 15) is 12.8 Å². The van der Waals surface area contributed by atoms with Crippen LogP contribution in [0.3, 0.4) is 0 Å². The molecule has 7 nitrogen and oxygen atoms in total. The highest BCUT2D eigenvalue weighted by Crippen LogP contribution is 2.37. The molecule has 10 heteroatoms. The number of halogens is 2. The molecular weight excluding hydrogens is 455 g/mol. The Balaban J connectivity index is 1.53. The Morgan fingerprint density at radius 3 is 2.66 bits per heavy atom. The summed E-state index contributed by atoms with van der Waals surface area (Å²) in [6.07, 6.45) is 3.30. The number of nitrogens with zero attached hydrogens (tertiary/aromatic N) is 2. The van der Waals surface area contributed by atoms with E-state index in [-0.39, 0.29) is 15.7 Å². The maximum absolute atomic E-state index is 13.2. The Kier molecular flexibility index (Phi) is 5.07. The van der Waals surface area contributed by atoms with Gasteiger partial charge < -0.3 is 10.1 Å². The Bertz CT molecular complexity index is 1450. The van der Waals surface area contributed by atoms with Crippen LogP contribution in [0.15, 0.2) is 65.8 Å². The topological polar surface area (TPSA) is 93.2 Å². The zero-order chi connectivity index (χ0) is 22.3. The minimum atomic E-state index is -3.98. The summed E-state index contributed by atoms with van der Waals surface area (Å²) in [7, 11) is -3.98. The lowest BCUT2D eigenvalue weighted by atomic mass is 10.0. The highest BCUT2D eigenvalue weighted by Gasteiger charge is 2.18. The van der Waals surface area contributed by atoms with Crippen LogP contribution in [0.2, 0.25) is 5.15 Å². The van der Waals surface area contributed by atoms with Crippen molar-refractivity contribution in [3.8, 4) is 16.9 Å². The molecule has 1 aliphatic rings. The van der Waals surface area contributed by atoms with Gasteiger partial charge in [-0.05, 0) is 48.0 Å². The van der Waals surface area contributed by atoms with Gasteiger partial charge in [-0.1, -0.05) is 17.7 Å². The van der Waals surface area contributed by atoms with Gasteiger partial charge in [0.2, 0.25) is 0 Å². The maximum atomic E-state index is 13.2. The van der Waals surface area contributed by atoms with E-state index in [0.717, 1.165) is 40.0 Å². The van der Waals surface area contributed by atoms with Gasteiger partial charge >= 0.3 is 0 Å². The minimum Gasteiger partial charge on any atom is -0.489 e. The van der Waals surface area contributed by atoms with E-state index in [0.29, 0.717) is 18.7 Å². The lowest BCUT2D eigenvalue weighted by Gasteiger charge is -2.20. The van der Waals surface area contributed by atoms with Crippen LogP contribution in [0.1, 0.15) is 0 Å². The maximum Gasteiger partial charge on any atom is 0.261 e. The van der Waals surface area contributed by atoms with Crippen LogP contribution in [0, 0.1) is 5.82 Å². The van der Waals surface area contributed by atoms with Crippen molar-refractivity contribution in [3.63, 3.8) is 0 Å². The number of nitrogens with one attached hydrogen (secondary N) is 2. The van der Waals surface area contributed by atoms with Crippen LogP contribution >= 0.6 is 11.6 Å². The fourth-order valence-electron chi connectivity index (χ4n) is 3.46. The second-order valence-corrected chi connectivity index (χ2v) is 9.17. The summed E-state index contributed by atoms with van der Waals surface area (Å²) in [5.74, 6) is 0.195. The first-order valence-corrected chi connectivity index (χ1v) is 11.5. The summed E-state index contributed by atoms with van der Waals surface area (Å²) >= 11 is 6.16. The van der Waals surface area contributed by atoms with E-state index in [2.05, 4.69) is 20.0 Å². The number of anilines is 2. The summed E-state index contributed by atoms with van der Waals surface area (Å²) in [5.41, 5.74) is 3.14. The number of benzene rings is 2. The van der Waals surface area contributed by atoms with Crippen LogP contribution in [0.4, 0.5) is 15.8 Å². The lowest BCUT2D eigenvalue weighted by molar-refractivity contribution is 0.327. The van der Waals surface area contributed by atoms with E-state index >= 15 is 0 Å². The molecule has 2 aromatic heterocycles. The number of aromatic nitrogens is 2.